The third kappa shape index (κ3) is 3.10. The predicted octanol–water partition coefficient (Wildman–Crippen LogP) is 0.390. The molecule has 1 saturated heterocycles. The summed E-state index contributed by atoms with van der Waals surface area (Å²) in [7, 11) is 0. The molecule has 1 fully saturated rings. The lowest BCUT2D eigenvalue weighted by atomic mass is 10.2. The molecule has 5 heteroatoms. The highest BCUT2D eigenvalue weighted by molar-refractivity contribution is 5.76. The van der Waals surface area contributed by atoms with Crippen molar-refractivity contribution in [2.75, 3.05) is 26.3 Å². The average molecular weight is 186 g/mol. The second-order valence-electron chi connectivity index (χ2n) is 3.15. The van der Waals surface area contributed by atoms with Crippen molar-refractivity contribution in [3.05, 3.63) is 4.91 Å². The van der Waals surface area contributed by atoms with Gasteiger partial charge in [0.2, 0.25) is 5.91 Å². The van der Waals surface area contributed by atoms with Crippen molar-refractivity contribution in [2.45, 2.75) is 19.4 Å². The van der Waals surface area contributed by atoms with Crippen molar-refractivity contribution in [2.24, 2.45) is 5.18 Å². The standard InChI is InChI=1S/C8H14N2O3/c1-7(9-12)6-8(11)10-2-4-13-5-3-10/h7H,2-6H2,1H3. The fourth-order valence-corrected chi connectivity index (χ4v) is 1.23. The van der Waals surface area contributed by atoms with E-state index in [1.807, 2.05) is 0 Å². The van der Waals surface area contributed by atoms with Crippen LogP contribution in [0.15, 0.2) is 5.18 Å². The van der Waals surface area contributed by atoms with Crippen LogP contribution in [0.25, 0.3) is 0 Å². The first-order chi connectivity index (χ1) is 6.24. The van der Waals surface area contributed by atoms with Crippen LogP contribution in [0.4, 0.5) is 0 Å². The molecule has 5 nitrogen and oxygen atoms in total. The maximum Gasteiger partial charge on any atom is 0.225 e. The molecule has 1 aliphatic rings. The van der Waals surface area contributed by atoms with Crippen LogP contribution >= 0.6 is 0 Å². The topological polar surface area (TPSA) is 59.0 Å². The maximum absolute atomic E-state index is 11.4. The van der Waals surface area contributed by atoms with Gasteiger partial charge in [-0.25, -0.2) is 0 Å². The van der Waals surface area contributed by atoms with Gasteiger partial charge in [-0.2, -0.15) is 4.91 Å². The Balaban J connectivity index is 2.32. The Morgan fingerprint density at radius 1 is 1.54 bits per heavy atom. The third-order valence-electron chi connectivity index (χ3n) is 2.01. The molecule has 0 aromatic heterocycles. The number of morpholine rings is 1. The number of carbonyl (C=O) groups is 1. The fourth-order valence-electron chi connectivity index (χ4n) is 1.23. The van der Waals surface area contributed by atoms with Crippen molar-refractivity contribution in [1.29, 1.82) is 0 Å². The summed E-state index contributed by atoms with van der Waals surface area (Å²) in [5, 5.41) is 2.79. The molecule has 1 heterocycles. The zero-order valence-electron chi connectivity index (χ0n) is 7.73. The zero-order chi connectivity index (χ0) is 9.68. The Labute approximate surface area is 77.0 Å². The van der Waals surface area contributed by atoms with Gasteiger partial charge in [0.1, 0.15) is 0 Å². The van der Waals surface area contributed by atoms with Crippen LogP contribution in [0, 0.1) is 4.91 Å². The van der Waals surface area contributed by atoms with E-state index < -0.39 is 6.04 Å². The van der Waals surface area contributed by atoms with Gasteiger partial charge in [-0.3, -0.25) is 4.79 Å². The van der Waals surface area contributed by atoms with Crippen molar-refractivity contribution in [1.82, 2.24) is 4.90 Å². The number of nitrogens with zero attached hydrogens (tertiary/aromatic N) is 2. The van der Waals surface area contributed by atoms with E-state index in [0.717, 1.165) is 0 Å². The number of rotatable bonds is 3. The summed E-state index contributed by atoms with van der Waals surface area (Å²) < 4.78 is 5.10. The minimum absolute atomic E-state index is 0.00426. The molecule has 74 valence electrons. The Hall–Kier alpha value is -0.970. The first kappa shape index (κ1) is 10.1. The molecule has 1 atom stereocenters. The monoisotopic (exact) mass is 186 g/mol. The molecule has 1 unspecified atom stereocenters. The van der Waals surface area contributed by atoms with Gasteiger partial charge in [0.25, 0.3) is 0 Å². The van der Waals surface area contributed by atoms with E-state index in [1.54, 1.807) is 11.8 Å². The highest BCUT2D eigenvalue weighted by Crippen LogP contribution is 2.04. The predicted molar refractivity (Wildman–Crippen MR) is 47.3 cm³/mol. The summed E-state index contributed by atoms with van der Waals surface area (Å²) in [5.74, 6) is -0.00426. The average Bonchev–Trinajstić information content (AvgIpc) is 2.19. The van der Waals surface area contributed by atoms with Crippen molar-refractivity contribution in [3.8, 4) is 0 Å². The van der Waals surface area contributed by atoms with E-state index in [2.05, 4.69) is 5.18 Å². The first-order valence-electron chi connectivity index (χ1n) is 4.42. The second-order valence-corrected chi connectivity index (χ2v) is 3.15. The summed E-state index contributed by atoms with van der Waals surface area (Å²) in [4.78, 5) is 23.2. The van der Waals surface area contributed by atoms with Gasteiger partial charge in [0.05, 0.1) is 25.7 Å². The lowest BCUT2D eigenvalue weighted by Crippen LogP contribution is -2.41. The molecule has 1 amide bonds. The number of nitroso groups, excluding NO2 is 1. The van der Waals surface area contributed by atoms with Gasteiger partial charge in [-0.05, 0) is 6.92 Å². The fraction of sp³-hybridized carbons (Fsp3) is 0.875. The van der Waals surface area contributed by atoms with Gasteiger partial charge in [0, 0.05) is 13.1 Å². The molecular formula is C8H14N2O3. The molecule has 0 aliphatic carbocycles. The van der Waals surface area contributed by atoms with E-state index in [4.69, 9.17) is 4.74 Å². The van der Waals surface area contributed by atoms with Gasteiger partial charge >= 0.3 is 0 Å². The summed E-state index contributed by atoms with van der Waals surface area (Å²) in [6, 6.07) is -0.421. The van der Waals surface area contributed by atoms with Crippen molar-refractivity contribution >= 4 is 5.91 Å². The second kappa shape index (κ2) is 4.91. The molecule has 0 bridgehead atoms. The highest BCUT2D eigenvalue weighted by atomic mass is 16.5. The Morgan fingerprint density at radius 3 is 2.69 bits per heavy atom. The van der Waals surface area contributed by atoms with Crippen LogP contribution in [-0.4, -0.2) is 43.2 Å². The van der Waals surface area contributed by atoms with Crippen molar-refractivity contribution in [3.63, 3.8) is 0 Å². The molecule has 0 saturated carbocycles. The number of hydrogen-bond donors (Lipinski definition) is 0. The minimum atomic E-state index is -0.421. The van der Waals surface area contributed by atoms with Crippen LogP contribution in [0.3, 0.4) is 0 Å². The minimum Gasteiger partial charge on any atom is -0.378 e. The molecule has 1 aliphatic heterocycles. The van der Waals surface area contributed by atoms with E-state index in [1.165, 1.54) is 0 Å². The molecule has 13 heavy (non-hydrogen) atoms. The van der Waals surface area contributed by atoms with Crippen LogP contribution in [-0.2, 0) is 9.53 Å². The van der Waals surface area contributed by atoms with E-state index >= 15 is 0 Å². The number of ether oxygens (including phenoxy) is 1. The van der Waals surface area contributed by atoms with Crippen LogP contribution in [0.1, 0.15) is 13.3 Å². The smallest absolute Gasteiger partial charge is 0.225 e. The van der Waals surface area contributed by atoms with Crippen LogP contribution in [0.5, 0.6) is 0 Å². The van der Waals surface area contributed by atoms with Crippen molar-refractivity contribution < 1.29 is 9.53 Å². The summed E-state index contributed by atoms with van der Waals surface area (Å²) in [6.07, 6.45) is 0.212. The van der Waals surface area contributed by atoms with E-state index in [0.29, 0.717) is 26.3 Å². The lowest BCUT2D eigenvalue weighted by Gasteiger charge is -2.27. The van der Waals surface area contributed by atoms with E-state index in [9.17, 15) is 9.70 Å². The van der Waals surface area contributed by atoms with Crippen LogP contribution in [0.2, 0.25) is 0 Å². The largest absolute Gasteiger partial charge is 0.378 e. The Morgan fingerprint density at radius 2 is 2.15 bits per heavy atom. The maximum atomic E-state index is 11.4. The number of amides is 1. The highest BCUT2D eigenvalue weighted by Gasteiger charge is 2.18. The number of hydrogen-bond acceptors (Lipinski definition) is 4. The van der Waals surface area contributed by atoms with Crippen LogP contribution < -0.4 is 0 Å². The SMILES string of the molecule is CC(CC(=O)N1CCOCC1)N=O. The summed E-state index contributed by atoms with van der Waals surface area (Å²) in [6.45, 7) is 4.09. The Bertz CT molecular complexity index is 190. The zero-order valence-corrected chi connectivity index (χ0v) is 7.73. The van der Waals surface area contributed by atoms with E-state index in [-0.39, 0.29) is 12.3 Å². The molecule has 0 N–H and O–H groups in total. The molecular weight excluding hydrogens is 172 g/mol. The first-order valence-corrected chi connectivity index (χ1v) is 4.42. The summed E-state index contributed by atoms with van der Waals surface area (Å²) in [5.41, 5.74) is 0. The summed E-state index contributed by atoms with van der Waals surface area (Å²) >= 11 is 0. The number of carbonyl (C=O) groups excluding carboxylic acids is 1. The quantitative estimate of drug-likeness (QED) is 0.599. The molecule has 0 aromatic carbocycles. The molecule has 0 aromatic rings. The normalized spacial score (nSPS) is 19.6. The third-order valence-corrected chi connectivity index (χ3v) is 2.01. The Kier molecular flexibility index (Phi) is 3.82. The molecule has 1 rings (SSSR count). The van der Waals surface area contributed by atoms with Gasteiger partial charge in [-0.15, -0.1) is 0 Å². The molecule has 0 spiro atoms. The van der Waals surface area contributed by atoms with Gasteiger partial charge in [-0.1, -0.05) is 5.18 Å². The molecule has 0 radical (unpaired) electrons. The lowest BCUT2D eigenvalue weighted by molar-refractivity contribution is -0.135. The van der Waals surface area contributed by atoms with Gasteiger partial charge < -0.3 is 9.64 Å². The van der Waals surface area contributed by atoms with Gasteiger partial charge in [0.15, 0.2) is 0 Å².